The van der Waals surface area contributed by atoms with Crippen LogP contribution in [0, 0.1) is 0 Å². The van der Waals surface area contributed by atoms with Crippen LogP contribution in [0.5, 0.6) is 0 Å². The van der Waals surface area contributed by atoms with Gasteiger partial charge in [0.15, 0.2) is 0 Å². The zero-order valence-electron chi connectivity index (χ0n) is 8.23. The summed E-state index contributed by atoms with van der Waals surface area (Å²) in [4.78, 5) is 11.4. The molecule has 2 N–H and O–H groups in total. The fourth-order valence-electron chi connectivity index (χ4n) is 2.53. The molecule has 1 amide bonds. The summed E-state index contributed by atoms with van der Waals surface area (Å²) < 4.78 is 0. The van der Waals surface area contributed by atoms with Crippen molar-refractivity contribution in [2.75, 3.05) is 6.54 Å². The highest BCUT2D eigenvalue weighted by Gasteiger charge is 2.40. The monoisotopic (exact) mass is 182 g/mol. The Morgan fingerprint density at radius 3 is 2.77 bits per heavy atom. The van der Waals surface area contributed by atoms with E-state index in [2.05, 4.69) is 17.6 Å². The fourth-order valence-corrected chi connectivity index (χ4v) is 2.53. The molecular weight excluding hydrogens is 164 g/mol. The van der Waals surface area contributed by atoms with Gasteiger partial charge >= 0.3 is 0 Å². The molecule has 2 fully saturated rings. The Balaban J connectivity index is 2.05. The predicted octanol–water partition coefficient (Wildman–Crippen LogP) is 0.797. The first-order valence-electron chi connectivity index (χ1n) is 5.31. The second kappa shape index (κ2) is 3.29. The summed E-state index contributed by atoms with van der Waals surface area (Å²) >= 11 is 0. The van der Waals surface area contributed by atoms with E-state index in [0.29, 0.717) is 0 Å². The smallest absolute Gasteiger partial charge is 0.237 e. The van der Waals surface area contributed by atoms with Crippen LogP contribution in [-0.2, 0) is 4.79 Å². The number of carbonyl (C=O) groups is 1. The minimum absolute atomic E-state index is 0.0480. The van der Waals surface area contributed by atoms with Gasteiger partial charge in [0.25, 0.3) is 0 Å². The number of piperazine rings is 1. The molecule has 0 aromatic rings. The first-order valence-corrected chi connectivity index (χ1v) is 5.31. The molecule has 1 heterocycles. The minimum Gasteiger partial charge on any atom is -0.353 e. The summed E-state index contributed by atoms with van der Waals surface area (Å²) in [6, 6.07) is 0.0480. The maximum Gasteiger partial charge on any atom is 0.237 e. The Labute approximate surface area is 79.3 Å². The molecule has 3 heteroatoms. The van der Waals surface area contributed by atoms with Crippen molar-refractivity contribution in [3.63, 3.8) is 0 Å². The predicted molar refractivity (Wildman–Crippen MR) is 51.4 cm³/mol. The van der Waals surface area contributed by atoms with Crippen molar-refractivity contribution in [2.45, 2.75) is 50.6 Å². The van der Waals surface area contributed by atoms with Crippen molar-refractivity contribution in [1.82, 2.24) is 10.6 Å². The summed E-state index contributed by atoms with van der Waals surface area (Å²) in [5, 5.41) is 6.53. The number of hydrogen-bond acceptors (Lipinski definition) is 2. The topological polar surface area (TPSA) is 41.1 Å². The van der Waals surface area contributed by atoms with Crippen LogP contribution in [0.15, 0.2) is 0 Å². The Kier molecular flexibility index (Phi) is 2.28. The number of carbonyl (C=O) groups excluding carboxylic acids is 1. The summed E-state index contributed by atoms with van der Waals surface area (Å²) in [5.74, 6) is 0.181. The normalized spacial score (nSPS) is 32.1. The second-order valence-electron chi connectivity index (χ2n) is 4.31. The lowest BCUT2D eigenvalue weighted by Gasteiger charge is -2.39. The molecular formula is C10H18N2O. The third-order valence-electron chi connectivity index (χ3n) is 3.37. The zero-order chi connectivity index (χ0) is 9.31. The Hall–Kier alpha value is -0.570. The lowest BCUT2D eigenvalue weighted by Crippen LogP contribution is -2.64. The van der Waals surface area contributed by atoms with Gasteiger partial charge in [0, 0.05) is 12.1 Å². The molecule has 74 valence electrons. The van der Waals surface area contributed by atoms with Crippen molar-refractivity contribution in [3.05, 3.63) is 0 Å². The molecule has 1 spiro atoms. The second-order valence-corrected chi connectivity index (χ2v) is 4.31. The standard InChI is InChI=1S/C10H18N2O/c1-2-8-9(13)11-7-10(12-8)5-3-4-6-10/h8,12H,2-7H2,1H3,(H,11,13). The third-order valence-corrected chi connectivity index (χ3v) is 3.37. The molecule has 1 aliphatic heterocycles. The first-order chi connectivity index (χ1) is 6.26. The van der Waals surface area contributed by atoms with Gasteiger partial charge in [0.1, 0.15) is 0 Å². The van der Waals surface area contributed by atoms with Crippen LogP contribution in [0.25, 0.3) is 0 Å². The van der Waals surface area contributed by atoms with Gasteiger partial charge in [-0.3, -0.25) is 10.1 Å². The van der Waals surface area contributed by atoms with Gasteiger partial charge in [0.2, 0.25) is 5.91 Å². The van der Waals surface area contributed by atoms with Crippen molar-refractivity contribution in [1.29, 1.82) is 0 Å². The molecule has 1 saturated carbocycles. The van der Waals surface area contributed by atoms with Gasteiger partial charge < -0.3 is 5.32 Å². The van der Waals surface area contributed by atoms with Crippen molar-refractivity contribution in [3.8, 4) is 0 Å². The molecule has 0 radical (unpaired) electrons. The molecule has 2 rings (SSSR count). The van der Waals surface area contributed by atoms with Gasteiger partial charge in [-0.25, -0.2) is 0 Å². The number of amides is 1. The number of rotatable bonds is 1. The highest BCUT2D eigenvalue weighted by Crippen LogP contribution is 2.31. The van der Waals surface area contributed by atoms with Gasteiger partial charge in [0.05, 0.1) is 6.04 Å². The quantitative estimate of drug-likeness (QED) is 0.629. The average Bonchev–Trinajstić information content (AvgIpc) is 2.59. The van der Waals surface area contributed by atoms with E-state index in [1.54, 1.807) is 0 Å². The van der Waals surface area contributed by atoms with Gasteiger partial charge in [-0.1, -0.05) is 19.8 Å². The average molecular weight is 182 g/mol. The fraction of sp³-hybridized carbons (Fsp3) is 0.900. The van der Waals surface area contributed by atoms with E-state index < -0.39 is 0 Å². The van der Waals surface area contributed by atoms with Crippen molar-refractivity contribution in [2.24, 2.45) is 0 Å². The summed E-state index contributed by atoms with van der Waals surface area (Å²) in [7, 11) is 0. The highest BCUT2D eigenvalue weighted by molar-refractivity contribution is 5.82. The van der Waals surface area contributed by atoms with Crippen LogP contribution in [0.3, 0.4) is 0 Å². The summed E-state index contributed by atoms with van der Waals surface area (Å²) in [6.45, 7) is 2.90. The summed E-state index contributed by atoms with van der Waals surface area (Å²) in [6.07, 6.45) is 5.96. The highest BCUT2D eigenvalue weighted by atomic mass is 16.2. The van der Waals surface area contributed by atoms with Crippen LogP contribution < -0.4 is 10.6 Å². The minimum atomic E-state index is 0.0480. The van der Waals surface area contributed by atoms with E-state index in [4.69, 9.17) is 0 Å². The lowest BCUT2D eigenvalue weighted by atomic mass is 9.92. The molecule has 2 aliphatic rings. The maximum atomic E-state index is 11.4. The SMILES string of the molecule is CCC1NC2(CCCC2)CNC1=O. The largest absolute Gasteiger partial charge is 0.353 e. The van der Waals surface area contributed by atoms with Crippen molar-refractivity contribution < 1.29 is 4.79 Å². The molecule has 1 aliphatic carbocycles. The summed E-state index contributed by atoms with van der Waals surface area (Å²) in [5.41, 5.74) is 0.245. The van der Waals surface area contributed by atoms with E-state index in [1.165, 1.54) is 25.7 Å². The molecule has 0 aromatic carbocycles. The van der Waals surface area contributed by atoms with Crippen LogP contribution >= 0.6 is 0 Å². The molecule has 1 unspecified atom stereocenters. The molecule has 3 nitrogen and oxygen atoms in total. The van der Waals surface area contributed by atoms with Crippen LogP contribution in [-0.4, -0.2) is 24.0 Å². The zero-order valence-corrected chi connectivity index (χ0v) is 8.23. The van der Waals surface area contributed by atoms with E-state index >= 15 is 0 Å². The van der Waals surface area contributed by atoms with Gasteiger partial charge in [-0.2, -0.15) is 0 Å². The van der Waals surface area contributed by atoms with Gasteiger partial charge in [-0.15, -0.1) is 0 Å². The van der Waals surface area contributed by atoms with Crippen molar-refractivity contribution >= 4 is 5.91 Å². The number of hydrogen-bond donors (Lipinski definition) is 2. The number of nitrogens with one attached hydrogen (secondary N) is 2. The van der Waals surface area contributed by atoms with E-state index in [0.717, 1.165) is 13.0 Å². The Morgan fingerprint density at radius 1 is 1.46 bits per heavy atom. The maximum absolute atomic E-state index is 11.4. The molecule has 13 heavy (non-hydrogen) atoms. The van der Waals surface area contributed by atoms with E-state index in [1.807, 2.05) is 0 Å². The Morgan fingerprint density at radius 2 is 2.15 bits per heavy atom. The van der Waals surface area contributed by atoms with Crippen LogP contribution in [0.2, 0.25) is 0 Å². The third kappa shape index (κ3) is 1.57. The van der Waals surface area contributed by atoms with E-state index in [9.17, 15) is 4.79 Å². The van der Waals surface area contributed by atoms with Crippen LogP contribution in [0.1, 0.15) is 39.0 Å². The Bertz CT molecular complexity index is 209. The van der Waals surface area contributed by atoms with Gasteiger partial charge in [-0.05, 0) is 19.3 Å². The molecule has 0 aromatic heterocycles. The van der Waals surface area contributed by atoms with Crippen LogP contribution in [0.4, 0.5) is 0 Å². The molecule has 0 bridgehead atoms. The van der Waals surface area contributed by atoms with E-state index in [-0.39, 0.29) is 17.5 Å². The first kappa shape index (κ1) is 9.00. The molecule has 1 saturated heterocycles. The molecule has 1 atom stereocenters. The lowest BCUT2D eigenvalue weighted by molar-refractivity contribution is -0.126.